The molecule has 2 N–H and O–H groups in total. The number of pyridine rings is 1. The number of aromatic nitrogens is 1. The lowest BCUT2D eigenvalue weighted by Gasteiger charge is -2.10. The molecule has 30 heavy (non-hydrogen) atoms. The first-order valence-corrected chi connectivity index (χ1v) is 9.95. The first-order valence-electron chi connectivity index (χ1n) is 9.13. The van der Waals surface area contributed by atoms with E-state index in [0.717, 1.165) is 4.90 Å². The van der Waals surface area contributed by atoms with Crippen molar-refractivity contribution in [2.75, 3.05) is 10.6 Å². The Morgan fingerprint density at radius 1 is 0.800 bits per heavy atom. The number of anilines is 2. The van der Waals surface area contributed by atoms with Crippen molar-refractivity contribution in [3.05, 3.63) is 103 Å². The van der Waals surface area contributed by atoms with E-state index in [9.17, 15) is 9.59 Å². The summed E-state index contributed by atoms with van der Waals surface area (Å²) in [5.74, 6) is -0.435. The Hall–Kier alpha value is -3.84. The molecular weight excluding hydrogens is 398 g/mol. The number of nitrogens with zero attached hydrogens (tertiary/aromatic N) is 1. The second-order valence-corrected chi connectivity index (χ2v) is 7.30. The SMILES string of the molecule is O=C(Nc1cccc(NC(=O)c2cccnc2Sc2ccccc2)c1)c1ccco1. The number of furan rings is 1. The van der Waals surface area contributed by atoms with Gasteiger partial charge in [0.25, 0.3) is 11.8 Å². The normalized spacial score (nSPS) is 10.4. The monoisotopic (exact) mass is 415 g/mol. The number of rotatable bonds is 6. The molecule has 0 bridgehead atoms. The molecule has 0 aliphatic rings. The van der Waals surface area contributed by atoms with E-state index < -0.39 is 0 Å². The molecule has 0 saturated carbocycles. The number of benzene rings is 2. The predicted molar refractivity (Wildman–Crippen MR) is 116 cm³/mol. The summed E-state index contributed by atoms with van der Waals surface area (Å²) in [7, 11) is 0. The maximum absolute atomic E-state index is 12.9. The van der Waals surface area contributed by atoms with Crippen molar-refractivity contribution >= 4 is 35.0 Å². The molecular formula is C23H17N3O3S. The Bertz CT molecular complexity index is 1160. The lowest BCUT2D eigenvalue weighted by Crippen LogP contribution is -2.14. The molecule has 2 heterocycles. The van der Waals surface area contributed by atoms with E-state index in [-0.39, 0.29) is 17.6 Å². The molecule has 148 valence electrons. The smallest absolute Gasteiger partial charge is 0.291 e. The van der Waals surface area contributed by atoms with Crippen LogP contribution in [0.25, 0.3) is 0 Å². The molecule has 0 radical (unpaired) electrons. The third kappa shape index (κ3) is 4.76. The average molecular weight is 415 g/mol. The van der Waals surface area contributed by atoms with Crippen LogP contribution in [0.3, 0.4) is 0 Å². The van der Waals surface area contributed by atoms with Crippen molar-refractivity contribution in [3.63, 3.8) is 0 Å². The second kappa shape index (κ2) is 9.11. The Labute approximate surface area is 177 Å². The van der Waals surface area contributed by atoms with Crippen molar-refractivity contribution in [1.29, 1.82) is 0 Å². The molecule has 4 rings (SSSR count). The van der Waals surface area contributed by atoms with Crippen molar-refractivity contribution in [2.45, 2.75) is 9.92 Å². The first kappa shape index (κ1) is 19.5. The molecule has 2 aromatic heterocycles. The summed E-state index contributed by atoms with van der Waals surface area (Å²) in [5, 5.41) is 6.22. The predicted octanol–water partition coefficient (Wildman–Crippen LogP) is 5.33. The van der Waals surface area contributed by atoms with Gasteiger partial charge in [0.2, 0.25) is 0 Å². The van der Waals surface area contributed by atoms with Gasteiger partial charge in [0.15, 0.2) is 5.76 Å². The number of hydrogen-bond acceptors (Lipinski definition) is 5. The fourth-order valence-electron chi connectivity index (χ4n) is 2.72. The van der Waals surface area contributed by atoms with E-state index in [1.165, 1.54) is 18.0 Å². The molecule has 0 aliphatic carbocycles. The summed E-state index contributed by atoms with van der Waals surface area (Å²) >= 11 is 1.42. The van der Waals surface area contributed by atoms with Gasteiger partial charge >= 0.3 is 0 Å². The van der Waals surface area contributed by atoms with Crippen LogP contribution in [0.4, 0.5) is 11.4 Å². The van der Waals surface area contributed by atoms with Crippen molar-refractivity contribution in [2.24, 2.45) is 0 Å². The summed E-state index contributed by atoms with van der Waals surface area (Å²) in [6, 6.07) is 23.3. The van der Waals surface area contributed by atoms with Gasteiger partial charge in [-0.2, -0.15) is 0 Å². The molecule has 0 unspecified atom stereocenters. The van der Waals surface area contributed by atoms with Crippen LogP contribution in [0.15, 0.2) is 106 Å². The molecule has 0 spiro atoms. The lowest BCUT2D eigenvalue weighted by molar-refractivity contribution is 0.0994. The summed E-state index contributed by atoms with van der Waals surface area (Å²) < 4.78 is 5.09. The van der Waals surface area contributed by atoms with Gasteiger partial charge in [-0.15, -0.1) is 0 Å². The maximum Gasteiger partial charge on any atom is 0.291 e. The third-order valence-electron chi connectivity index (χ3n) is 4.10. The number of carbonyl (C=O) groups excluding carboxylic acids is 2. The molecule has 2 amide bonds. The summed E-state index contributed by atoms with van der Waals surface area (Å²) in [6.45, 7) is 0. The molecule has 0 saturated heterocycles. The van der Waals surface area contributed by atoms with Crippen LogP contribution >= 0.6 is 11.8 Å². The standard InChI is InChI=1S/C23H17N3O3S/c27-21(19-11-5-13-24-23(19)30-18-9-2-1-3-10-18)25-16-7-4-8-17(15-16)26-22(28)20-12-6-14-29-20/h1-15H,(H,25,27)(H,26,28). The van der Waals surface area contributed by atoms with Crippen LogP contribution in [0.5, 0.6) is 0 Å². The van der Waals surface area contributed by atoms with Gasteiger partial charge in [0.1, 0.15) is 5.03 Å². The maximum atomic E-state index is 12.9. The molecule has 6 nitrogen and oxygen atoms in total. The summed E-state index contributed by atoms with van der Waals surface area (Å²) in [6.07, 6.45) is 3.09. The second-order valence-electron chi connectivity index (χ2n) is 6.24. The third-order valence-corrected chi connectivity index (χ3v) is 5.12. The molecule has 0 atom stereocenters. The molecule has 0 fully saturated rings. The van der Waals surface area contributed by atoms with Gasteiger partial charge in [-0.25, -0.2) is 4.98 Å². The van der Waals surface area contributed by atoms with Crippen molar-refractivity contribution in [1.82, 2.24) is 4.98 Å². The van der Waals surface area contributed by atoms with E-state index in [4.69, 9.17) is 4.42 Å². The van der Waals surface area contributed by atoms with Crippen LogP contribution < -0.4 is 10.6 Å². The van der Waals surface area contributed by atoms with Crippen LogP contribution in [-0.2, 0) is 0 Å². The van der Waals surface area contributed by atoms with Gasteiger partial charge in [-0.3, -0.25) is 9.59 Å². The first-order chi connectivity index (χ1) is 14.7. The Morgan fingerprint density at radius 2 is 1.57 bits per heavy atom. The fraction of sp³-hybridized carbons (Fsp3) is 0. The number of carbonyl (C=O) groups is 2. The number of amides is 2. The van der Waals surface area contributed by atoms with Crippen molar-refractivity contribution < 1.29 is 14.0 Å². The topological polar surface area (TPSA) is 84.2 Å². The van der Waals surface area contributed by atoms with Crippen molar-refractivity contribution in [3.8, 4) is 0 Å². The number of nitrogens with one attached hydrogen (secondary N) is 2. The summed E-state index contributed by atoms with van der Waals surface area (Å²) in [4.78, 5) is 30.4. The van der Waals surface area contributed by atoms with E-state index >= 15 is 0 Å². The Morgan fingerprint density at radius 3 is 2.30 bits per heavy atom. The fourth-order valence-corrected chi connectivity index (χ4v) is 3.62. The Kier molecular flexibility index (Phi) is 5.91. The van der Waals surface area contributed by atoms with E-state index in [0.29, 0.717) is 22.0 Å². The largest absolute Gasteiger partial charge is 0.459 e. The van der Waals surface area contributed by atoms with Crippen LogP contribution in [0, 0.1) is 0 Å². The minimum absolute atomic E-state index is 0.211. The van der Waals surface area contributed by atoms with E-state index in [1.54, 1.807) is 54.7 Å². The lowest BCUT2D eigenvalue weighted by atomic mass is 10.2. The van der Waals surface area contributed by atoms with Gasteiger partial charge in [-0.1, -0.05) is 36.0 Å². The van der Waals surface area contributed by atoms with Crippen LogP contribution in [-0.4, -0.2) is 16.8 Å². The molecule has 0 aliphatic heterocycles. The molecule has 4 aromatic rings. The van der Waals surface area contributed by atoms with Gasteiger partial charge in [0, 0.05) is 22.5 Å². The Balaban J connectivity index is 1.49. The highest BCUT2D eigenvalue weighted by molar-refractivity contribution is 7.99. The molecule has 7 heteroatoms. The highest BCUT2D eigenvalue weighted by atomic mass is 32.2. The minimum atomic E-state index is -0.364. The zero-order chi connectivity index (χ0) is 20.8. The van der Waals surface area contributed by atoms with Gasteiger partial charge in [0.05, 0.1) is 11.8 Å². The quantitative estimate of drug-likeness (QED) is 0.445. The van der Waals surface area contributed by atoms with Gasteiger partial charge in [-0.05, 0) is 54.6 Å². The summed E-state index contributed by atoms with van der Waals surface area (Å²) in [5.41, 5.74) is 1.56. The molecule has 2 aromatic carbocycles. The highest BCUT2D eigenvalue weighted by Gasteiger charge is 2.14. The van der Waals surface area contributed by atoms with E-state index in [2.05, 4.69) is 15.6 Å². The zero-order valence-corrected chi connectivity index (χ0v) is 16.6. The van der Waals surface area contributed by atoms with Gasteiger partial charge < -0.3 is 15.1 Å². The van der Waals surface area contributed by atoms with Crippen LogP contribution in [0.1, 0.15) is 20.9 Å². The zero-order valence-electron chi connectivity index (χ0n) is 15.7. The van der Waals surface area contributed by atoms with E-state index in [1.807, 2.05) is 30.3 Å². The highest BCUT2D eigenvalue weighted by Crippen LogP contribution is 2.29. The number of hydrogen-bond donors (Lipinski definition) is 2. The minimum Gasteiger partial charge on any atom is -0.459 e. The average Bonchev–Trinajstić information content (AvgIpc) is 3.30. The van der Waals surface area contributed by atoms with Crippen LogP contribution in [0.2, 0.25) is 0 Å².